The molecule has 0 aliphatic heterocycles. The van der Waals surface area contributed by atoms with Gasteiger partial charge in [-0.3, -0.25) is 0 Å². The Hall–Kier alpha value is -8.20. The highest BCUT2D eigenvalue weighted by Crippen LogP contribution is 2.42. The van der Waals surface area contributed by atoms with Crippen LogP contribution < -0.4 is 4.90 Å². The van der Waals surface area contributed by atoms with Gasteiger partial charge in [-0.25, -0.2) is 0 Å². The van der Waals surface area contributed by atoms with Gasteiger partial charge in [0.1, 0.15) is 0 Å². The highest BCUT2D eigenvalue weighted by Gasteiger charge is 2.19. The third kappa shape index (κ3) is 6.04. The zero-order valence-electron chi connectivity index (χ0n) is 34.0. The Morgan fingerprint density at radius 3 is 1.39 bits per heavy atom. The van der Waals surface area contributed by atoms with E-state index in [1.165, 1.54) is 81.9 Å². The van der Waals surface area contributed by atoms with Crippen LogP contribution in [0.5, 0.6) is 0 Å². The molecule has 0 unspecified atom stereocenters. The van der Waals surface area contributed by atoms with Crippen LogP contribution in [-0.2, 0) is 0 Å². The number of rotatable bonds is 7. The van der Waals surface area contributed by atoms with Crippen molar-refractivity contribution in [3.63, 3.8) is 0 Å². The number of aromatic nitrogens is 1. The largest absolute Gasteiger partial charge is 0.310 e. The highest BCUT2D eigenvalue weighted by molar-refractivity contribution is 6.14. The van der Waals surface area contributed by atoms with Gasteiger partial charge in [0.25, 0.3) is 0 Å². The number of hydrogen-bond acceptors (Lipinski definition) is 1. The zero-order valence-corrected chi connectivity index (χ0v) is 34.0. The smallest absolute Gasteiger partial charge is 0.0547 e. The molecule has 0 radical (unpaired) electrons. The number of hydrogen-bond donors (Lipinski definition) is 0. The molecule has 0 bridgehead atoms. The Bertz CT molecular complexity index is 3520. The molecule has 11 aromatic carbocycles. The van der Waals surface area contributed by atoms with E-state index in [0.29, 0.717) is 0 Å². The Morgan fingerprint density at radius 2 is 0.742 bits per heavy atom. The van der Waals surface area contributed by atoms with E-state index < -0.39 is 0 Å². The zero-order chi connectivity index (χ0) is 41.0. The quantitative estimate of drug-likeness (QED) is 0.156. The van der Waals surface area contributed by atoms with Crippen molar-refractivity contribution in [2.75, 3.05) is 4.90 Å². The van der Waals surface area contributed by atoms with Crippen LogP contribution in [0.2, 0.25) is 0 Å². The Balaban J connectivity index is 1.01. The van der Waals surface area contributed by atoms with Crippen molar-refractivity contribution < 1.29 is 0 Å². The first kappa shape index (κ1) is 35.7. The Kier molecular flexibility index (Phi) is 8.53. The van der Waals surface area contributed by atoms with Gasteiger partial charge in [0.15, 0.2) is 0 Å². The van der Waals surface area contributed by atoms with Crippen molar-refractivity contribution in [2.45, 2.75) is 0 Å². The lowest BCUT2D eigenvalue weighted by atomic mass is 9.96. The lowest BCUT2D eigenvalue weighted by molar-refractivity contribution is 1.18. The van der Waals surface area contributed by atoms with Gasteiger partial charge in [0.2, 0.25) is 0 Å². The standard InChI is InChI=1S/C60H40N2/c1-2-18-45-40-60-57(39-44(45)17-1)56-28-8-10-32-59(56)62(60)58-31-9-7-27-55(58)43-33-35-48(36-34-43)61(49-23-11-21-46(37-49)53-29-13-19-41-15-3-5-25-51(41)53)50-24-12-22-47(38-50)54-30-14-20-42-16-4-6-26-52(42)54/h1-40H. The molecule has 0 saturated heterocycles. The van der Waals surface area contributed by atoms with Gasteiger partial charge in [-0.1, -0.05) is 182 Å². The van der Waals surface area contributed by atoms with Crippen LogP contribution in [0.1, 0.15) is 0 Å². The summed E-state index contributed by atoms with van der Waals surface area (Å²) in [6.07, 6.45) is 0. The lowest BCUT2D eigenvalue weighted by Gasteiger charge is -2.27. The predicted octanol–water partition coefficient (Wildman–Crippen LogP) is 16.7. The van der Waals surface area contributed by atoms with Crippen LogP contribution in [0.15, 0.2) is 243 Å². The normalized spacial score (nSPS) is 11.5. The highest BCUT2D eigenvalue weighted by atomic mass is 15.1. The lowest BCUT2D eigenvalue weighted by Crippen LogP contribution is -2.10. The maximum absolute atomic E-state index is 2.45. The Morgan fingerprint density at radius 1 is 0.258 bits per heavy atom. The van der Waals surface area contributed by atoms with Crippen LogP contribution >= 0.6 is 0 Å². The van der Waals surface area contributed by atoms with E-state index in [9.17, 15) is 0 Å². The molecule has 290 valence electrons. The molecule has 2 heteroatoms. The van der Waals surface area contributed by atoms with Gasteiger partial charge >= 0.3 is 0 Å². The predicted molar refractivity (Wildman–Crippen MR) is 264 cm³/mol. The van der Waals surface area contributed by atoms with Crippen molar-refractivity contribution in [1.82, 2.24) is 4.57 Å². The average Bonchev–Trinajstić information content (AvgIpc) is 3.66. The molecule has 1 aromatic heterocycles. The summed E-state index contributed by atoms with van der Waals surface area (Å²) in [6.45, 7) is 0. The first-order chi connectivity index (χ1) is 30.7. The fraction of sp³-hybridized carbons (Fsp3) is 0. The fourth-order valence-corrected chi connectivity index (χ4v) is 9.64. The molecule has 12 rings (SSSR count). The molecule has 0 spiro atoms. The third-order valence-electron chi connectivity index (χ3n) is 12.5. The molecule has 0 fully saturated rings. The second-order valence-electron chi connectivity index (χ2n) is 16.1. The van der Waals surface area contributed by atoms with E-state index in [-0.39, 0.29) is 0 Å². The van der Waals surface area contributed by atoms with Crippen LogP contribution in [0.25, 0.3) is 93.2 Å². The molecule has 0 aliphatic rings. The molecule has 0 aliphatic carbocycles. The first-order valence-electron chi connectivity index (χ1n) is 21.3. The fourth-order valence-electron chi connectivity index (χ4n) is 9.64. The van der Waals surface area contributed by atoms with Crippen molar-refractivity contribution in [3.8, 4) is 39.1 Å². The van der Waals surface area contributed by atoms with Crippen molar-refractivity contribution >= 4 is 71.2 Å². The molecule has 0 N–H and O–H groups in total. The van der Waals surface area contributed by atoms with Crippen LogP contribution in [0.3, 0.4) is 0 Å². The molecule has 0 atom stereocenters. The third-order valence-corrected chi connectivity index (χ3v) is 12.5. The van der Waals surface area contributed by atoms with Crippen molar-refractivity contribution in [3.05, 3.63) is 243 Å². The van der Waals surface area contributed by atoms with E-state index in [1.54, 1.807) is 0 Å². The number of nitrogens with zero attached hydrogens (tertiary/aromatic N) is 2. The van der Waals surface area contributed by atoms with E-state index in [4.69, 9.17) is 0 Å². The first-order valence-corrected chi connectivity index (χ1v) is 21.3. The minimum absolute atomic E-state index is 1.08. The molecule has 0 amide bonds. The number of anilines is 3. The molecular formula is C60H40N2. The maximum Gasteiger partial charge on any atom is 0.0547 e. The average molecular weight is 789 g/mol. The molecular weight excluding hydrogens is 749 g/mol. The number of benzene rings is 11. The van der Waals surface area contributed by atoms with E-state index in [1.807, 2.05) is 0 Å². The van der Waals surface area contributed by atoms with Gasteiger partial charge in [0, 0.05) is 33.4 Å². The summed E-state index contributed by atoms with van der Waals surface area (Å²) in [4.78, 5) is 2.40. The van der Waals surface area contributed by atoms with Crippen LogP contribution in [0.4, 0.5) is 17.1 Å². The van der Waals surface area contributed by atoms with Gasteiger partial charge in [-0.2, -0.15) is 0 Å². The molecule has 12 aromatic rings. The summed E-state index contributed by atoms with van der Waals surface area (Å²) in [5.74, 6) is 0. The molecule has 0 saturated carbocycles. The SMILES string of the molecule is c1cc(-c2cccc3ccccc23)cc(N(c2ccc(-c3ccccc3-n3c4ccccc4c4cc5ccccc5cc43)cc2)c2cccc(-c3cccc4ccccc34)c2)c1. The van der Waals surface area contributed by atoms with E-state index >= 15 is 0 Å². The van der Waals surface area contributed by atoms with Crippen LogP contribution in [-0.4, -0.2) is 4.57 Å². The van der Waals surface area contributed by atoms with Crippen molar-refractivity contribution in [1.29, 1.82) is 0 Å². The second-order valence-corrected chi connectivity index (χ2v) is 16.1. The molecule has 2 nitrogen and oxygen atoms in total. The van der Waals surface area contributed by atoms with E-state index in [2.05, 4.69) is 252 Å². The summed E-state index contributed by atoms with van der Waals surface area (Å²) in [5.41, 5.74) is 14.0. The summed E-state index contributed by atoms with van der Waals surface area (Å²) in [6, 6.07) is 88.5. The minimum Gasteiger partial charge on any atom is -0.310 e. The van der Waals surface area contributed by atoms with Gasteiger partial charge in [0.05, 0.1) is 16.7 Å². The van der Waals surface area contributed by atoms with Gasteiger partial charge in [-0.05, 0) is 121 Å². The maximum atomic E-state index is 2.45. The summed E-state index contributed by atoms with van der Waals surface area (Å²) in [5, 5.41) is 9.97. The van der Waals surface area contributed by atoms with Gasteiger partial charge in [-0.15, -0.1) is 0 Å². The molecule has 62 heavy (non-hydrogen) atoms. The minimum atomic E-state index is 1.08. The summed E-state index contributed by atoms with van der Waals surface area (Å²) >= 11 is 0. The number of para-hydroxylation sites is 2. The Labute approximate surface area is 360 Å². The van der Waals surface area contributed by atoms with Crippen molar-refractivity contribution in [2.24, 2.45) is 0 Å². The summed E-state index contributed by atoms with van der Waals surface area (Å²) < 4.78 is 2.45. The van der Waals surface area contributed by atoms with E-state index in [0.717, 1.165) is 28.3 Å². The second kappa shape index (κ2) is 14.8. The summed E-state index contributed by atoms with van der Waals surface area (Å²) in [7, 11) is 0. The van der Waals surface area contributed by atoms with Crippen LogP contribution in [0, 0.1) is 0 Å². The van der Waals surface area contributed by atoms with Gasteiger partial charge < -0.3 is 9.47 Å². The number of fused-ring (bicyclic) bond motifs is 6. The topological polar surface area (TPSA) is 8.17 Å². The molecule has 1 heterocycles. The monoisotopic (exact) mass is 788 g/mol.